The highest BCUT2D eigenvalue weighted by Gasteiger charge is 2.48. The molecule has 0 saturated heterocycles. The number of nitrogens with one attached hydrogen (secondary N) is 1. The Morgan fingerprint density at radius 3 is 2.47 bits per heavy atom. The van der Waals surface area contributed by atoms with Gasteiger partial charge in [0.05, 0.1) is 0 Å². The number of hydrogen-bond donors (Lipinski definition) is 2. The van der Waals surface area contributed by atoms with E-state index in [1.54, 1.807) is 6.92 Å². The quantitative estimate of drug-likeness (QED) is 0.733. The van der Waals surface area contributed by atoms with Crippen molar-refractivity contribution in [1.29, 1.82) is 0 Å². The predicted molar refractivity (Wildman–Crippen MR) is 63.4 cm³/mol. The first-order valence-electron chi connectivity index (χ1n) is 6.43. The second-order valence-corrected chi connectivity index (χ2v) is 5.86. The Morgan fingerprint density at radius 2 is 2.06 bits per heavy atom. The zero-order chi connectivity index (χ0) is 12.6. The van der Waals surface area contributed by atoms with Gasteiger partial charge in [0.2, 0.25) is 5.91 Å². The number of carboxylic acids is 1. The van der Waals surface area contributed by atoms with Crippen molar-refractivity contribution in [3.8, 4) is 0 Å². The van der Waals surface area contributed by atoms with Gasteiger partial charge in [0.1, 0.15) is 5.41 Å². The van der Waals surface area contributed by atoms with Gasteiger partial charge in [-0.1, -0.05) is 6.42 Å². The minimum Gasteiger partial charge on any atom is -0.480 e. The summed E-state index contributed by atoms with van der Waals surface area (Å²) < 4.78 is 0. The van der Waals surface area contributed by atoms with Crippen molar-refractivity contribution in [3.05, 3.63) is 0 Å². The molecule has 17 heavy (non-hydrogen) atoms. The van der Waals surface area contributed by atoms with Gasteiger partial charge in [-0.25, -0.2) is 0 Å². The van der Waals surface area contributed by atoms with E-state index in [9.17, 15) is 14.7 Å². The molecule has 0 aromatic carbocycles. The van der Waals surface area contributed by atoms with Crippen molar-refractivity contribution in [1.82, 2.24) is 5.32 Å². The summed E-state index contributed by atoms with van der Waals surface area (Å²) in [5.74, 6) is 0.496. The summed E-state index contributed by atoms with van der Waals surface area (Å²) in [6.07, 6.45) is 5.37. The molecule has 2 N–H and O–H groups in total. The Kier molecular flexibility index (Phi) is 3.15. The maximum atomic E-state index is 11.8. The lowest BCUT2D eigenvalue weighted by Crippen LogP contribution is -2.44. The van der Waals surface area contributed by atoms with Crippen LogP contribution < -0.4 is 5.32 Å². The number of carbonyl (C=O) groups is 2. The van der Waals surface area contributed by atoms with Crippen LogP contribution in [0.4, 0.5) is 0 Å². The van der Waals surface area contributed by atoms with E-state index in [0.717, 1.165) is 12.3 Å². The normalized spacial score (nSPS) is 34.4. The number of rotatable bonds is 4. The van der Waals surface area contributed by atoms with Crippen LogP contribution in [0.15, 0.2) is 0 Å². The summed E-state index contributed by atoms with van der Waals surface area (Å²) in [6.45, 7) is 1.56. The van der Waals surface area contributed by atoms with Crippen LogP contribution in [0.25, 0.3) is 0 Å². The highest BCUT2D eigenvalue weighted by Crippen LogP contribution is 2.51. The molecule has 4 unspecified atom stereocenters. The minimum absolute atomic E-state index is 0.368. The lowest BCUT2D eigenvalue weighted by atomic mass is 9.74. The number of carbonyl (C=O) groups excluding carboxylic acids is 1. The fourth-order valence-corrected chi connectivity index (χ4v) is 3.70. The molecular weight excluding hydrogens is 218 g/mol. The lowest BCUT2D eigenvalue weighted by molar-refractivity contribution is -0.156. The molecule has 0 heterocycles. The molecule has 0 aromatic heterocycles. The van der Waals surface area contributed by atoms with Crippen molar-refractivity contribution in [2.45, 2.75) is 39.0 Å². The third-order valence-electron chi connectivity index (χ3n) is 4.76. The fraction of sp³-hybridized carbons (Fsp3) is 0.846. The maximum absolute atomic E-state index is 11.8. The van der Waals surface area contributed by atoms with E-state index in [1.165, 1.54) is 26.3 Å². The third kappa shape index (κ3) is 2.05. The largest absolute Gasteiger partial charge is 0.480 e. The van der Waals surface area contributed by atoms with Crippen LogP contribution in [0.5, 0.6) is 0 Å². The van der Waals surface area contributed by atoms with Crippen molar-refractivity contribution in [2.75, 3.05) is 7.05 Å². The average Bonchev–Trinajstić information content (AvgIpc) is 2.89. The van der Waals surface area contributed by atoms with Gasteiger partial charge in [0.15, 0.2) is 0 Å². The topological polar surface area (TPSA) is 66.4 Å². The zero-order valence-corrected chi connectivity index (χ0v) is 10.5. The summed E-state index contributed by atoms with van der Waals surface area (Å²) in [5.41, 5.74) is -1.26. The fourth-order valence-electron chi connectivity index (χ4n) is 3.70. The number of fused-ring (bicyclic) bond motifs is 2. The first kappa shape index (κ1) is 12.4. The van der Waals surface area contributed by atoms with Crippen LogP contribution in [-0.4, -0.2) is 24.0 Å². The zero-order valence-electron chi connectivity index (χ0n) is 10.5. The van der Waals surface area contributed by atoms with Gasteiger partial charge in [-0.3, -0.25) is 9.59 Å². The van der Waals surface area contributed by atoms with Crippen LogP contribution in [0.1, 0.15) is 39.0 Å². The van der Waals surface area contributed by atoms with E-state index >= 15 is 0 Å². The molecule has 2 saturated carbocycles. The summed E-state index contributed by atoms with van der Waals surface area (Å²) in [6, 6.07) is 0. The molecule has 2 rings (SSSR count). The van der Waals surface area contributed by atoms with Crippen LogP contribution in [0.3, 0.4) is 0 Å². The molecule has 0 spiro atoms. The van der Waals surface area contributed by atoms with E-state index in [1.807, 2.05) is 0 Å². The Balaban J connectivity index is 2.08. The SMILES string of the molecule is CNC(=O)C(C)(CC1CC2CCC1C2)C(=O)O. The maximum Gasteiger partial charge on any atom is 0.318 e. The van der Waals surface area contributed by atoms with Gasteiger partial charge in [-0.15, -0.1) is 0 Å². The van der Waals surface area contributed by atoms with Gasteiger partial charge in [-0.05, 0) is 50.4 Å². The molecule has 2 aliphatic rings. The van der Waals surface area contributed by atoms with Crippen LogP contribution in [0, 0.1) is 23.2 Å². The molecule has 96 valence electrons. The van der Waals surface area contributed by atoms with E-state index in [0.29, 0.717) is 18.3 Å². The lowest BCUT2D eigenvalue weighted by Gasteiger charge is -2.30. The first-order chi connectivity index (χ1) is 7.97. The number of amides is 1. The molecule has 4 nitrogen and oxygen atoms in total. The second-order valence-electron chi connectivity index (χ2n) is 5.86. The smallest absolute Gasteiger partial charge is 0.318 e. The van der Waals surface area contributed by atoms with E-state index in [-0.39, 0.29) is 5.91 Å². The highest BCUT2D eigenvalue weighted by molar-refractivity contribution is 6.01. The van der Waals surface area contributed by atoms with Crippen LogP contribution >= 0.6 is 0 Å². The highest BCUT2D eigenvalue weighted by atomic mass is 16.4. The average molecular weight is 239 g/mol. The molecule has 0 aromatic rings. The van der Waals surface area contributed by atoms with Crippen molar-refractivity contribution in [3.63, 3.8) is 0 Å². The van der Waals surface area contributed by atoms with Crippen LogP contribution in [0.2, 0.25) is 0 Å². The third-order valence-corrected chi connectivity index (χ3v) is 4.76. The van der Waals surface area contributed by atoms with E-state index < -0.39 is 11.4 Å². The van der Waals surface area contributed by atoms with Crippen molar-refractivity contribution < 1.29 is 14.7 Å². The van der Waals surface area contributed by atoms with Crippen molar-refractivity contribution >= 4 is 11.9 Å². The standard InChI is InChI=1S/C13H21NO3/c1-13(12(16)17,11(15)14-2)7-10-6-8-3-4-9(10)5-8/h8-10H,3-7H2,1-2H3,(H,14,15)(H,16,17). The van der Waals surface area contributed by atoms with Gasteiger partial charge in [-0.2, -0.15) is 0 Å². The Morgan fingerprint density at radius 1 is 1.35 bits per heavy atom. The van der Waals surface area contributed by atoms with Gasteiger partial charge < -0.3 is 10.4 Å². The van der Waals surface area contributed by atoms with E-state index in [2.05, 4.69) is 5.32 Å². The Labute approximate surface area is 102 Å². The molecule has 2 bridgehead atoms. The predicted octanol–water partition coefficient (Wildman–Crippen LogP) is 1.65. The second kappa shape index (κ2) is 4.31. The monoisotopic (exact) mass is 239 g/mol. The molecule has 2 fully saturated rings. The number of hydrogen-bond acceptors (Lipinski definition) is 2. The molecule has 2 aliphatic carbocycles. The Hall–Kier alpha value is -1.06. The van der Waals surface area contributed by atoms with Crippen LogP contribution in [-0.2, 0) is 9.59 Å². The van der Waals surface area contributed by atoms with E-state index in [4.69, 9.17) is 0 Å². The van der Waals surface area contributed by atoms with Gasteiger partial charge in [0.25, 0.3) is 0 Å². The first-order valence-corrected chi connectivity index (χ1v) is 6.43. The molecule has 4 atom stereocenters. The molecule has 0 radical (unpaired) electrons. The summed E-state index contributed by atoms with van der Waals surface area (Å²) >= 11 is 0. The van der Waals surface area contributed by atoms with Gasteiger partial charge in [0, 0.05) is 7.05 Å². The summed E-state index contributed by atoms with van der Waals surface area (Å²) in [4.78, 5) is 23.1. The molecule has 1 amide bonds. The number of carboxylic acid groups (broad SMARTS) is 1. The molecular formula is C13H21NO3. The number of aliphatic carboxylic acids is 1. The summed E-state index contributed by atoms with van der Waals surface area (Å²) in [7, 11) is 1.50. The van der Waals surface area contributed by atoms with Gasteiger partial charge >= 0.3 is 5.97 Å². The minimum atomic E-state index is -1.26. The van der Waals surface area contributed by atoms with Crippen molar-refractivity contribution in [2.24, 2.45) is 23.2 Å². The summed E-state index contributed by atoms with van der Waals surface area (Å²) in [5, 5.41) is 11.8. The molecule has 0 aliphatic heterocycles. The molecule has 4 heteroatoms. The Bertz CT molecular complexity index is 342.